The molecular formula is C16H21N3. The van der Waals surface area contributed by atoms with Crippen LogP contribution in [-0.4, -0.2) is 22.9 Å². The van der Waals surface area contributed by atoms with Crippen LogP contribution in [0.1, 0.15) is 36.9 Å². The molecule has 0 aliphatic carbocycles. The lowest BCUT2D eigenvalue weighted by Gasteiger charge is -2.22. The van der Waals surface area contributed by atoms with Crippen LogP contribution in [0.2, 0.25) is 0 Å². The summed E-state index contributed by atoms with van der Waals surface area (Å²) < 4.78 is 2.04. The van der Waals surface area contributed by atoms with Gasteiger partial charge in [-0.2, -0.15) is 5.10 Å². The highest BCUT2D eigenvalue weighted by molar-refractivity contribution is 5.34. The number of piperidine rings is 1. The van der Waals surface area contributed by atoms with Crippen molar-refractivity contribution in [2.75, 3.05) is 13.1 Å². The van der Waals surface area contributed by atoms with Crippen molar-refractivity contribution in [3.63, 3.8) is 0 Å². The van der Waals surface area contributed by atoms with Crippen LogP contribution in [0.4, 0.5) is 0 Å². The largest absolute Gasteiger partial charge is 0.317 e. The van der Waals surface area contributed by atoms with E-state index in [1.165, 1.54) is 24.1 Å². The van der Waals surface area contributed by atoms with Crippen molar-refractivity contribution >= 4 is 0 Å². The van der Waals surface area contributed by atoms with Crippen LogP contribution in [0.25, 0.3) is 5.69 Å². The monoisotopic (exact) mass is 255 g/mol. The van der Waals surface area contributed by atoms with E-state index in [-0.39, 0.29) is 0 Å². The minimum absolute atomic E-state index is 0.675. The number of hydrogen-bond acceptors (Lipinski definition) is 2. The maximum absolute atomic E-state index is 4.77. The van der Waals surface area contributed by atoms with Crippen molar-refractivity contribution in [3.8, 4) is 5.69 Å². The summed E-state index contributed by atoms with van der Waals surface area (Å²) in [6, 6.07) is 10.4. The summed E-state index contributed by atoms with van der Waals surface area (Å²) in [5, 5.41) is 8.20. The Morgan fingerprint density at radius 3 is 2.63 bits per heavy atom. The average molecular weight is 255 g/mol. The van der Waals surface area contributed by atoms with Gasteiger partial charge in [0.2, 0.25) is 0 Å². The Bertz CT molecular complexity index is 524. The minimum Gasteiger partial charge on any atom is -0.317 e. The molecule has 0 radical (unpaired) electrons. The molecule has 3 rings (SSSR count). The van der Waals surface area contributed by atoms with Gasteiger partial charge in [-0.1, -0.05) is 25.1 Å². The Balaban J connectivity index is 1.94. The van der Waals surface area contributed by atoms with Crippen molar-refractivity contribution in [2.24, 2.45) is 0 Å². The molecule has 1 saturated heterocycles. The van der Waals surface area contributed by atoms with E-state index in [4.69, 9.17) is 5.10 Å². The van der Waals surface area contributed by atoms with Gasteiger partial charge in [0.1, 0.15) is 0 Å². The number of aryl methyl sites for hydroxylation is 1. The van der Waals surface area contributed by atoms with Crippen LogP contribution in [-0.2, 0) is 6.42 Å². The first-order valence-corrected chi connectivity index (χ1v) is 7.23. The zero-order valence-corrected chi connectivity index (χ0v) is 11.5. The van der Waals surface area contributed by atoms with Crippen LogP contribution in [0, 0.1) is 0 Å². The van der Waals surface area contributed by atoms with Crippen molar-refractivity contribution in [1.29, 1.82) is 0 Å². The van der Waals surface area contributed by atoms with Gasteiger partial charge in [0.15, 0.2) is 0 Å². The number of nitrogens with zero attached hydrogens (tertiary/aromatic N) is 2. The second-order valence-corrected chi connectivity index (χ2v) is 5.19. The fourth-order valence-corrected chi connectivity index (χ4v) is 2.88. The van der Waals surface area contributed by atoms with Crippen LogP contribution in [0.5, 0.6) is 0 Å². The lowest BCUT2D eigenvalue weighted by atomic mass is 9.90. The van der Waals surface area contributed by atoms with E-state index in [2.05, 4.69) is 42.7 Å². The van der Waals surface area contributed by atoms with E-state index in [0.29, 0.717) is 5.92 Å². The molecular weight excluding hydrogens is 234 g/mol. The fourth-order valence-electron chi connectivity index (χ4n) is 2.88. The molecule has 0 bridgehead atoms. The van der Waals surface area contributed by atoms with Gasteiger partial charge in [-0.05, 0) is 56.0 Å². The summed E-state index contributed by atoms with van der Waals surface area (Å²) in [5.74, 6) is 0.675. The number of benzene rings is 1. The van der Waals surface area contributed by atoms with Gasteiger partial charge in [-0.3, -0.25) is 0 Å². The second kappa shape index (κ2) is 5.57. The molecule has 100 valence electrons. The highest BCUT2D eigenvalue weighted by atomic mass is 15.3. The highest BCUT2D eigenvalue weighted by Gasteiger charge is 2.20. The molecule has 1 aliphatic heterocycles. The first-order chi connectivity index (χ1) is 9.38. The van der Waals surface area contributed by atoms with Gasteiger partial charge in [0.25, 0.3) is 0 Å². The third-order valence-corrected chi connectivity index (χ3v) is 3.96. The normalized spacial score (nSPS) is 16.7. The molecule has 1 N–H and O–H groups in total. The van der Waals surface area contributed by atoms with Crippen molar-refractivity contribution in [1.82, 2.24) is 15.1 Å². The molecule has 0 amide bonds. The molecule has 0 unspecified atom stereocenters. The molecule has 3 nitrogen and oxygen atoms in total. The SMILES string of the molecule is CCc1nn(-c2ccccc2)cc1C1CCNCC1. The minimum atomic E-state index is 0.675. The topological polar surface area (TPSA) is 29.9 Å². The van der Waals surface area contributed by atoms with E-state index in [0.717, 1.165) is 25.2 Å². The number of rotatable bonds is 3. The summed E-state index contributed by atoms with van der Waals surface area (Å²) in [7, 11) is 0. The van der Waals surface area contributed by atoms with E-state index >= 15 is 0 Å². The number of para-hydroxylation sites is 1. The Morgan fingerprint density at radius 2 is 1.95 bits per heavy atom. The molecule has 0 spiro atoms. The van der Waals surface area contributed by atoms with E-state index in [1.54, 1.807) is 0 Å². The lowest BCUT2D eigenvalue weighted by Crippen LogP contribution is -2.26. The third kappa shape index (κ3) is 2.56. The summed E-state index contributed by atoms with van der Waals surface area (Å²) in [5.41, 5.74) is 3.86. The van der Waals surface area contributed by atoms with Gasteiger partial charge in [-0.25, -0.2) is 4.68 Å². The van der Waals surface area contributed by atoms with Gasteiger partial charge in [0.05, 0.1) is 11.4 Å². The van der Waals surface area contributed by atoms with E-state index in [1.807, 2.05) is 10.7 Å². The maximum atomic E-state index is 4.77. The van der Waals surface area contributed by atoms with Crippen LogP contribution >= 0.6 is 0 Å². The van der Waals surface area contributed by atoms with Crippen LogP contribution in [0.3, 0.4) is 0 Å². The van der Waals surface area contributed by atoms with Crippen LogP contribution in [0.15, 0.2) is 36.5 Å². The average Bonchev–Trinajstić information content (AvgIpc) is 2.93. The lowest BCUT2D eigenvalue weighted by molar-refractivity contribution is 0.458. The quantitative estimate of drug-likeness (QED) is 0.914. The zero-order valence-electron chi connectivity index (χ0n) is 11.5. The standard InChI is InChI=1S/C16H21N3/c1-2-16-15(13-8-10-17-11-9-13)12-19(18-16)14-6-4-3-5-7-14/h3-7,12-13,17H,2,8-11H2,1H3. The smallest absolute Gasteiger partial charge is 0.0661 e. The predicted molar refractivity (Wildman–Crippen MR) is 77.8 cm³/mol. The third-order valence-electron chi connectivity index (χ3n) is 3.96. The molecule has 3 heteroatoms. The fraction of sp³-hybridized carbons (Fsp3) is 0.438. The van der Waals surface area contributed by atoms with E-state index < -0.39 is 0 Å². The van der Waals surface area contributed by atoms with Crippen molar-refractivity contribution < 1.29 is 0 Å². The summed E-state index contributed by atoms with van der Waals surface area (Å²) in [6.07, 6.45) is 5.71. The number of aromatic nitrogens is 2. The predicted octanol–water partition coefficient (Wildman–Crippen LogP) is 2.90. The molecule has 1 aromatic carbocycles. The van der Waals surface area contributed by atoms with Gasteiger partial charge in [-0.15, -0.1) is 0 Å². The molecule has 1 aliphatic rings. The Hall–Kier alpha value is -1.61. The zero-order chi connectivity index (χ0) is 13.1. The maximum Gasteiger partial charge on any atom is 0.0661 e. The molecule has 0 atom stereocenters. The summed E-state index contributed by atoms with van der Waals surface area (Å²) in [6.45, 7) is 4.46. The van der Waals surface area contributed by atoms with Gasteiger partial charge < -0.3 is 5.32 Å². The molecule has 2 aromatic rings. The van der Waals surface area contributed by atoms with Crippen molar-refractivity contribution in [3.05, 3.63) is 47.8 Å². The first-order valence-electron chi connectivity index (χ1n) is 7.23. The summed E-state index contributed by atoms with van der Waals surface area (Å²) in [4.78, 5) is 0. The first kappa shape index (κ1) is 12.4. The number of nitrogens with one attached hydrogen (secondary N) is 1. The Labute approximate surface area is 114 Å². The molecule has 2 heterocycles. The summed E-state index contributed by atoms with van der Waals surface area (Å²) >= 11 is 0. The van der Waals surface area contributed by atoms with Crippen molar-refractivity contribution in [2.45, 2.75) is 32.1 Å². The van der Waals surface area contributed by atoms with Gasteiger partial charge in [0, 0.05) is 6.20 Å². The molecule has 1 aromatic heterocycles. The molecule has 1 fully saturated rings. The number of hydrogen-bond donors (Lipinski definition) is 1. The molecule has 19 heavy (non-hydrogen) atoms. The van der Waals surface area contributed by atoms with Crippen LogP contribution < -0.4 is 5.32 Å². The highest BCUT2D eigenvalue weighted by Crippen LogP contribution is 2.28. The second-order valence-electron chi connectivity index (χ2n) is 5.19. The Morgan fingerprint density at radius 1 is 1.21 bits per heavy atom. The van der Waals surface area contributed by atoms with Gasteiger partial charge >= 0.3 is 0 Å². The molecule has 0 saturated carbocycles. The van der Waals surface area contributed by atoms with E-state index in [9.17, 15) is 0 Å². The Kier molecular flexibility index (Phi) is 3.65.